The van der Waals surface area contributed by atoms with Crippen molar-refractivity contribution in [3.05, 3.63) is 11.4 Å². The normalized spacial score (nSPS) is 13.6. The van der Waals surface area contributed by atoms with Crippen LogP contribution < -0.4 is 4.57 Å². The molecule has 0 saturated heterocycles. The van der Waals surface area contributed by atoms with E-state index in [1.54, 1.807) is 27.7 Å². The van der Waals surface area contributed by atoms with E-state index < -0.39 is 16.0 Å². The second-order valence-corrected chi connectivity index (χ2v) is 15.3. The zero-order valence-corrected chi connectivity index (χ0v) is 18.9. The van der Waals surface area contributed by atoms with Crippen molar-refractivity contribution in [2.24, 2.45) is 4.74 Å². The van der Waals surface area contributed by atoms with Gasteiger partial charge in [-0.1, -0.05) is 32.4 Å². The Hall–Kier alpha value is -0.650. The monoisotopic (exact) mass is 391 g/mol. The van der Waals surface area contributed by atoms with E-state index >= 15 is 0 Å². The quantitative estimate of drug-likeness (QED) is 0.402. The van der Waals surface area contributed by atoms with E-state index in [2.05, 4.69) is 9.13 Å². The molecule has 0 atom stereocenters. The summed E-state index contributed by atoms with van der Waals surface area (Å²) >= 11 is 0. The molecule has 0 unspecified atom stereocenters. The minimum atomic E-state index is -4.54. The van der Waals surface area contributed by atoms with Gasteiger partial charge in [0.2, 0.25) is 0 Å². The van der Waals surface area contributed by atoms with Crippen molar-refractivity contribution in [2.75, 3.05) is 0 Å². The summed E-state index contributed by atoms with van der Waals surface area (Å²) in [6, 6.07) is 0.237. The molecule has 0 radical (unpaired) electrons. The van der Waals surface area contributed by atoms with Crippen LogP contribution in [0.3, 0.4) is 0 Å². The average molecular weight is 392 g/mol. The molecule has 6 nitrogen and oxygen atoms in total. The summed E-state index contributed by atoms with van der Waals surface area (Å²) in [5, 5.41) is 0. The molecule has 1 aromatic rings. The first-order chi connectivity index (χ1) is 11.2. The highest BCUT2D eigenvalue weighted by molar-refractivity contribution is 8.51. The lowest BCUT2D eigenvalue weighted by Gasteiger charge is -2.31. The smallest absolute Gasteiger partial charge is 0.397 e. The zero-order valence-electron chi connectivity index (χ0n) is 17.2. The highest BCUT2D eigenvalue weighted by Gasteiger charge is 2.41. The predicted molar refractivity (Wildman–Crippen MR) is 104 cm³/mol. The second-order valence-electron chi connectivity index (χ2n) is 7.79. The molecule has 0 aliphatic heterocycles. The molecule has 1 aromatic heterocycles. The Morgan fingerprint density at radius 3 is 1.72 bits per heavy atom. The van der Waals surface area contributed by atoms with Crippen LogP contribution in [0.2, 0.25) is 0 Å². The Balaban J connectivity index is 4.16. The van der Waals surface area contributed by atoms with Crippen LogP contribution in [0.1, 0.15) is 78.9 Å². The van der Waals surface area contributed by atoms with Gasteiger partial charge in [-0.05, 0) is 41.5 Å². The van der Waals surface area contributed by atoms with Crippen LogP contribution in [-0.2, 0) is 9.74 Å². The summed E-state index contributed by atoms with van der Waals surface area (Å²) in [7, 11) is -4.54. The molecule has 1 rings (SSSR count). The van der Waals surface area contributed by atoms with Gasteiger partial charge in [0.15, 0.2) is 6.26 Å². The molecule has 8 heteroatoms. The van der Waals surface area contributed by atoms with Gasteiger partial charge in [-0.15, -0.1) is 0 Å². The fourth-order valence-corrected chi connectivity index (χ4v) is 10.5. The Labute approximate surface area is 153 Å². The molecule has 0 fully saturated rings. The minimum Gasteiger partial charge on any atom is -0.742 e. The first kappa shape index (κ1) is 22.4. The maximum absolute atomic E-state index is 12.4. The molecule has 1 heterocycles. The van der Waals surface area contributed by atoms with Gasteiger partial charge >= 0.3 is 5.95 Å². The molecule has 0 aromatic carbocycles. The Morgan fingerprint density at radius 2 is 1.44 bits per heavy atom. The number of hydrogen-bond donors (Lipinski definition) is 0. The van der Waals surface area contributed by atoms with E-state index in [0.29, 0.717) is 5.95 Å². The van der Waals surface area contributed by atoms with Crippen LogP contribution in [0, 0.1) is 13.8 Å². The SMILES string of the molecule is Cc1c(C)[n+](C(C)C)c(N=P(C(C)C)(C(C)C)S(=O)(=O)[O-])n1C(C)C. The number of imidazole rings is 1. The van der Waals surface area contributed by atoms with Crippen LogP contribution in [0.5, 0.6) is 0 Å². The lowest BCUT2D eigenvalue weighted by Crippen LogP contribution is -2.38. The van der Waals surface area contributed by atoms with Crippen LogP contribution in [0.15, 0.2) is 4.74 Å². The minimum absolute atomic E-state index is 0.119. The predicted octanol–water partition coefficient (Wildman–Crippen LogP) is 4.66. The van der Waals surface area contributed by atoms with Crippen LogP contribution in [-0.4, -0.2) is 28.9 Å². The van der Waals surface area contributed by atoms with Crippen molar-refractivity contribution in [3.63, 3.8) is 0 Å². The summed E-state index contributed by atoms with van der Waals surface area (Å²) in [5.74, 6) is 0.607. The Morgan fingerprint density at radius 1 is 1.00 bits per heavy atom. The standard InChI is InChI=1S/C17H34N3O3PS/c1-11(2)19-15(9)16(10)20(12(3)4)17(19)18-24(13(5)6,14(7)8)25(21,22)23/h11-14H,1-10H3. The summed E-state index contributed by atoms with van der Waals surface area (Å²) in [5.41, 5.74) is 1.45. The van der Waals surface area contributed by atoms with Gasteiger partial charge in [-0.2, -0.15) is 0 Å². The van der Waals surface area contributed by atoms with E-state index in [0.717, 1.165) is 11.4 Å². The van der Waals surface area contributed by atoms with Crippen molar-refractivity contribution in [1.82, 2.24) is 4.57 Å². The van der Waals surface area contributed by atoms with Gasteiger partial charge in [-0.3, -0.25) is 0 Å². The van der Waals surface area contributed by atoms with Gasteiger partial charge in [0, 0.05) is 11.3 Å². The molecule has 0 saturated carbocycles. The number of hydrogen-bond acceptors (Lipinski definition) is 4. The molecule has 0 aliphatic rings. The van der Waals surface area contributed by atoms with Gasteiger partial charge in [0.25, 0.3) is 0 Å². The molecule has 146 valence electrons. The third kappa shape index (κ3) is 3.74. The summed E-state index contributed by atoms with van der Waals surface area (Å²) in [6.07, 6.45) is -3.19. The highest BCUT2D eigenvalue weighted by atomic mass is 32.8. The first-order valence-electron chi connectivity index (χ1n) is 8.90. The molecular formula is C17H34N3O3PS. The molecular weight excluding hydrogens is 357 g/mol. The van der Waals surface area contributed by atoms with E-state index in [-0.39, 0.29) is 23.4 Å². The van der Waals surface area contributed by atoms with Crippen LogP contribution >= 0.6 is 6.26 Å². The van der Waals surface area contributed by atoms with Crippen molar-refractivity contribution in [3.8, 4) is 0 Å². The third-order valence-corrected chi connectivity index (χ3v) is 13.9. The number of nitrogens with zero attached hydrogens (tertiary/aromatic N) is 3. The second kappa shape index (κ2) is 7.53. The largest absolute Gasteiger partial charge is 0.742 e. The number of aromatic nitrogens is 2. The zero-order chi connectivity index (χ0) is 19.9. The average Bonchev–Trinajstić information content (AvgIpc) is 2.65. The molecule has 25 heavy (non-hydrogen) atoms. The van der Waals surface area contributed by atoms with Crippen LogP contribution in [0.25, 0.3) is 0 Å². The Bertz CT molecular complexity index is 747. The molecule has 0 aliphatic carbocycles. The molecule has 0 amide bonds. The molecule has 0 spiro atoms. The fourth-order valence-electron chi connectivity index (χ4n) is 3.63. The van der Waals surface area contributed by atoms with Gasteiger partial charge in [0.1, 0.15) is 21.1 Å². The van der Waals surface area contributed by atoms with E-state index in [4.69, 9.17) is 4.74 Å². The number of rotatable bonds is 6. The lowest BCUT2D eigenvalue weighted by molar-refractivity contribution is -0.708. The molecule has 0 N–H and O–H groups in total. The molecule has 0 bridgehead atoms. The van der Waals surface area contributed by atoms with E-state index in [1.807, 2.05) is 41.5 Å². The highest BCUT2D eigenvalue weighted by Crippen LogP contribution is 2.64. The van der Waals surface area contributed by atoms with E-state index in [9.17, 15) is 13.0 Å². The fraction of sp³-hybridized carbons (Fsp3) is 0.824. The van der Waals surface area contributed by atoms with Crippen LogP contribution in [0.4, 0.5) is 5.95 Å². The third-order valence-electron chi connectivity index (χ3n) is 4.79. The van der Waals surface area contributed by atoms with E-state index in [1.165, 1.54) is 0 Å². The topological polar surface area (TPSA) is 78.4 Å². The van der Waals surface area contributed by atoms with Crippen molar-refractivity contribution >= 4 is 21.9 Å². The lowest BCUT2D eigenvalue weighted by atomic mass is 10.3. The van der Waals surface area contributed by atoms with Crippen molar-refractivity contribution < 1.29 is 17.5 Å². The van der Waals surface area contributed by atoms with Gasteiger partial charge in [0.05, 0.1) is 12.1 Å². The van der Waals surface area contributed by atoms with Gasteiger partial charge < -0.3 is 4.55 Å². The van der Waals surface area contributed by atoms with Crippen molar-refractivity contribution in [1.29, 1.82) is 0 Å². The summed E-state index contributed by atoms with van der Waals surface area (Å²) in [6.45, 7) is 19.4. The van der Waals surface area contributed by atoms with Crippen molar-refractivity contribution in [2.45, 2.75) is 92.6 Å². The maximum atomic E-state index is 12.4. The summed E-state index contributed by atoms with van der Waals surface area (Å²) in [4.78, 5) is 0. The van der Waals surface area contributed by atoms with Gasteiger partial charge in [-0.25, -0.2) is 17.6 Å². The Kier molecular flexibility index (Phi) is 6.75. The first-order valence-corrected chi connectivity index (χ1v) is 12.8. The summed E-state index contributed by atoms with van der Waals surface area (Å²) < 4.78 is 46.1. The maximum Gasteiger partial charge on any atom is 0.397 e.